The van der Waals surface area contributed by atoms with E-state index in [-0.39, 0.29) is 5.03 Å². The molecule has 2 aromatic heterocycles. The molecule has 1 aromatic carbocycles. The standard InChI is InChI=1S/C22H27N5O2S2/c1-16-11-22(31(28,29)25-21-14-30-15-24-21)23-12-20(16)26(3)19-9-10-27(13-19)17(2)18-7-5-4-6-8-18/h4-8,11-12,14-15,17,19,25H,9-10,13H2,1-3H3/t17?,19-/m0/s1. The van der Waals surface area contributed by atoms with Crippen molar-refractivity contribution in [1.29, 1.82) is 0 Å². The first-order valence-electron chi connectivity index (χ1n) is 10.2. The Morgan fingerprint density at radius 3 is 2.71 bits per heavy atom. The molecule has 0 bridgehead atoms. The van der Waals surface area contributed by atoms with Crippen LogP contribution in [0.15, 0.2) is 58.5 Å². The minimum atomic E-state index is -3.76. The van der Waals surface area contributed by atoms with E-state index in [1.54, 1.807) is 23.2 Å². The third-order valence-electron chi connectivity index (χ3n) is 5.96. The Bertz CT molecular complexity index is 1120. The van der Waals surface area contributed by atoms with E-state index in [2.05, 4.69) is 62.7 Å². The van der Waals surface area contributed by atoms with Gasteiger partial charge < -0.3 is 4.90 Å². The van der Waals surface area contributed by atoms with Gasteiger partial charge in [-0.3, -0.25) is 9.62 Å². The molecule has 31 heavy (non-hydrogen) atoms. The van der Waals surface area contributed by atoms with Crippen molar-refractivity contribution in [2.45, 2.75) is 37.4 Å². The van der Waals surface area contributed by atoms with Crippen molar-refractivity contribution < 1.29 is 8.42 Å². The van der Waals surface area contributed by atoms with Crippen molar-refractivity contribution in [3.63, 3.8) is 0 Å². The highest BCUT2D eigenvalue weighted by atomic mass is 32.2. The fourth-order valence-corrected chi connectivity index (χ4v) is 5.64. The van der Waals surface area contributed by atoms with Gasteiger partial charge in [0.15, 0.2) is 10.8 Å². The number of pyridine rings is 1. The highest BCUT2D eigenvalue weighted by molar-refractivity contribution is 7.92. The summed E-state index contributed by atoms with van der Waals surface area (Å²) in [5, 5.41) is 1.65. The van der Waals surface area contributed by atoms with E-state index in [1.807, 2.05) is 13.0 Å². The predicted molar refractivity (Wildman–Crippen MR) is 125 cm³/mol. The third-order valence-corrected chi connectivity index (χ3v) is 7.80. The van der Waals surface area contributed by atoms with E-state index in [0.717, 1.165) is 30.8 Å². The maximum absolute atomic E-state index is 12.6. The Hall–Kier alpha value is -2.49. The molecule has 1 N–H and O–H groups in total. The summed E-state index contributed by atoms with van der Waals surface area (Å²) in [5.74, 6) is 0.309. The van der Waals surface area contributed by atoms with Crippen LogP contribution in [0.25, 0.3) is 0 Å². The summed E-state index contributed by atoms with van der Waals surface area (Å²) in [6, 6.07) is 12.9. The fourth-order valence-electron chi connectivity index (χ4n) is 4.07. The van der Waals surface area contributed by atoms with Gasteiger partial charge in [0.1, 0.15) is 0 Å². The molecule has 3 heterocycles. The second kappa shape index (κ2) is 8.94. The molecular formula is C22H27N5O2S2. The van der Waals surface area contributed by atoms with E-state index >= 15 is 0 Å². The van der Waals surface area contributed by atoms with Crippen LogP contribution in [0.4, 0.5) is 11.5 Å². The molecule has 9 heteroatoms. The molecule has 0 aliphatic carbocycles. The number of anilines is 2. The first-order chi connectivity index (χ1) is 14.8. The second-order valence-corrected chi connectivity index (χ2v) is 10.3. The summed E-state index contributed by atoms with van der Waals surface area (Å²) < 4.78 is 27.7. The molecule has 1 fully saturated rings. The number of rotatable bonds is 7. The number of thiazole rings is 1. The smallest absolute Gasteiger partial charge is 0.280 e. The molecule has 3 aromatic rings. The Balaban J connectivity index is 1.46. The zero-order chi connectivity index (χ0) is 22.0. The first kappa shape index (κ1) is 21.7. The van der Waals surface area contributed by atoms with Crippen molar-refractivity contribution in [3.05, 3.63) is 64.6 Å². The number of nitrogens with zero attached hydrogens (tertiary/aromatic N) is 4. The monoisotopic (exact) mass is 457 g/mol. The Morgan fingerprint density at radius 2 is 2.03 bits per heavy atom. The van der Waals surface area contributed by atoms with Gasteiger partial charge in [0.25, 0.3) is 10.0 Å². The summed E-state index contributed by atoms with van der Waals surface area (Å²) in [5.41, 5.74) is 4.74. The van der Waals surface area contributed by atoms with E-state index in [4.69, 9.17) is 0 Å². The number of nitrogens with one attached hydrogen (secondary N) is 1. The van der Waals surface area contributed by atoms with Gasteiger partial charge in [0.05, 0.1) is 17.4 Å². The molecular weight excluding hydrogens is 430 g/mol. The average Bonchev–Trinajstić information content (AvgIpc) is 3.45. The SMILES string of the molecule is Cc1cc(S(=O)(=O)Nc2cscn2)ncc1N(C)[C@H]1CCN(C(C)c2ccccc2)C1. The predicted octanol–water partition coefficient (Wildman–Crippen LogP) is 3.92. The highest BCUT2D eigenvalue weighted by Crippen LogP contribution is 2.30. The number of aryl methyl sites for hydroxylation is 1. The van der Waals surface area contributed by atoms with Crippen LogP contribution in [-0.4, -0.2) is 49.5 Å². The number of hydrogen-bond acceptors (Lipinski definition) is 7. The minimum absolute atomic E-state index is 0.000832. The fraction of sp³-hybridized carbons (Fsp3) is 0.364. The van der Waals surface area contributed by atoms with Crippen LogP contribution < -0.4 is 9.62 Å². The van der Waals surface area contributed by atoms with Crippen LogP contribution in [0.2, 0.25) is 0 Å². The Kier molecular flexibility index (Phi) is 6.27. The lowest BCUT2D eigenvalue weighted by molar-refractivity contribution is 0.259. The van der Waals surface area contributed by atoms with Gasteiger partial charge in [-0.15, -0.1) is 11.3 Å². The Morgan fingerprint density at radius 1 is 1.26 bits per heavy atom. The molecule has 1 aliphatic heterocycles. The molecule has 1 saturated heterocycles. The number of hydrogen-bond donors (Lipinski definition) is 1. The van der Waals surface area contributed by atoms with Gasteiger partial charge in [0, 0.05) is 37.6 Å². The van der Waals surface area contributed by atoms with Gasteiger partial charge in [0.2, 0.25) is 0 Å². The topological polar surface area (TPSA) is 78.4 Å². The summed E-state index contributed by atoms with van der Waals surface area (Å²) >= 11 is 1.33. The number of sulfonamides is 1. The lowest BCUT2D eigenvalue weighted by Crippen LogP contribution is -2.35. The van der Waals surface area contributed by atoms with E-state index in [0.29, 0.717) is 17.9 Å². The second-order valence-electron chi connectivity index (χ2n) is 7.92. The van der Waals surface area contributed by atoms with Crippen LogP contribution in [0.5, 0.6) is 0 Å². The summed E-state index contributed by atoms with van der Waals surface area (Å²) in [6.45, 7) is 6.16. The van der Waals surface area contributed by atoms with E-state index in [9.17, 15) is 8.42 Å². The zero-order valence-corrected chi connectivity index (χ0v) is 19.5. The van der Waals surface area contributed by atoms with Crippen LogP contribution in [0, 0.1) is 6.92 Å². The molecule has 0 amide bonds. The zero-order valence-electron chi connectivity index (χ0n) is 17.9. The summed E-state index contributed by atoms with van der Waals surface area (Å²) in [6.07, 6.45) is 2.72. The van der Waals surface area contributed by atoms with Crippen LogP contribution in [-0.2, 0) is 10.0 Å². The van der Waals surface area contributed by atoms with Crippen molar-refractivity contribution >= 4 is 32.9 Å². The third kappa shape index (κ3) is 4.73. The van der Waals surface area contributed by atoms with Gasteiger partial charge in [-0.2, -0.15) is 8.42 Å². The average molecular weight is 458 g/mol. The van der Waals surface area contributed by atoms with Crippen molar-refractivity contribution in [2.24, 2.45) is 0 Å². The normalized spacial score (nSPS) is 18.1. The van der Waals surface area contributed by atoms with Crippen LogP contribution in [0.3, 0.4) is 0 Å². The number of likely N-dealkylation sites (N-methyl/N-ethyl adjacent to an activating group) is 1. The van der Waals surface area contributed by atoms with Crippen molar-refractivity contribution in [1.82, 2.24) is 14.9 Å². The maximum Gasteiger partial charge on any atom is 0.280 e. The van der Waals surface area contributed by atoms with Gasteiger partial charge in [-0.25, -0.2) is 9.97 Å². The number of aromatic nitrogens is 2. The van der Waals surface area contributed by atoms with Crippen LogP contribution in [0.1, 0.15) is 30.5 Å². The minimum Gasteiger partial charge on any atom is -0.369 e. The molecule has 0 spiro atoms. The first-order valence-corrected chi connectivity index (χ1v) is 12.7. The van der Waals surface area contributed by atoms with Gasteiger partial charge >= 0.3 is 0 Å². The van der Waals surface area contributed by atoms with Crippen molar-refractivity contribution in [3.8, 4) is 0 Å². The summed E-state index contributed by atoms with van der Waals surface area (Å²) in [4.78, 5) is 13.0. The quantitative estimate of drug-likeness (QED) is 0.579. The summed E-state index contributed by atoms with van der Waals surface area (Å²) in [7, 11) is -1.70. The molecule has 2 atom stereocenters. The maximum atomic E-state index is 12.6. The largest absolute Gasteiger partial charge is 0.369 e. The van der Waals surface area contributed by atoms with Gasteiger partial charge in [-0.1, -0.05) is 30.3 Å². The lowest BCUT2D eigenvalue weighted by Gasteiger charge is -2.30. The van der Waals surface area contributed by atoms with Crippen molar-refractivity contribution in [2.75, 3.05) is 29.8 Å². The van der Waals surface area contributed by atoms with Gasteiger partial charge in [-0.05, 0) is 37.5 Å². The van der Waals surface area contributed by atoms with E-state index in [1.165, 1.54) is 16.9 Å². The molecule has 4 rings (SSSR count). The molecule has 0 radical (unpaired) electrons. The number of likely N-dealkylation sites (tertiary alicyclic amines) is 1. The molecule has 7 nitrogen and oxygen atoms in total. The Labute approximate surface area is 187 Å². The highest BCUT2D eigenvalue weighted by Gasteiger charge is 2.30. The van der Waals surface area contributed by atoms with E-state index < -0.39 is 10.0 Å². The molecule has 164 valence electrons. The number of benzene rings is 1. The lowest BCUT2D eigenvalue weighted by atomic mass is 10.1. The van der Waals surface area contributed by atoms with Crippen LogP contribution >= 0.6 is 11.3 Å². The molecule has 1 aliphatic rings. The molecule has 0 saturated carbocycles. The molecule has 1 unspecified atom stereocenters.